The third-order valence-corrected chi connectivity index (χ3v) is 5.03. The number of hydrogen-bond acceptors (Lipinski definition) is 4. The van der Waals surface area contributed by atoms with Gasteiger partial charge in [0, 0.05) is 43.2 Å². The molecule has 1 aliphatic rings. The van der Waals surface area contributed by atoms with E-state index in [2.05, 4.69) is 0 Å². The first-order valence-electron chi connectivity index (χ1n) is 9.49. The highest BCUT2D eigenvalue weighted by Crippen LogP contribution is 2.32. The lowest BCUT2D eigenvalue weighted by Crippen LogP contribution is -2.23. The number of amides is 1. The lowest BCUT2D eigenvalue weighted by molar-refractivity contribution is -0.141. The SMILES string of the molecule is CC/C1=C(\Cc2cccc(Cl)c2)N(C)/C=C\C=C(\OCC(=O)O)CC1CC(N)=O. The van der Waals surface area contributed by atoms with Crippen molar-refractivity contribution >= 4 is 23.5 Å². The predicted molar refractivity (Wildman–Crippen MR) is 113 cm³/mol. The molecule has 7 heteroatoms. The number of benzene rings is 1. The maximum absolute atomic E-state index is 11.8. The number of carbonyl (C=O) groups is 2. The van der Waals surface area contributed by atoms with Crippen molar-refractivity contribution in [1.82, 2.24) is 4.90 Å². The van der Waals surface area contributed by atoms with Gasteiger partial charge in [0.05, 0.1) is 5.76 Å². The molecule has 0 saturated heterocycles. The minimum absolute atomic E-state index is 0.157. The summed E-state index contributed by atoms with van der Waals surface area (Å²) in [4.78, 5) is 24.7. The number of aliphatic carboxylic acids is 1. The van der Waals surface area contributed by atoms with Crippen LogP contribution in [0, 0.1) is 5.92 Å². The van der Waals surface area contributed by atoms with Crippen LogP contribution in [0.25, 0.3) is 0 Å². The van der Waals surface area contributed by atoms with Crippen molar-refractivity contribution in [2.75, 3.05) is 13.7 Å². The number of likely N-dealkylation sites (N-methyl/N-ethyl adjacent to an activating group) is 1. The molecule has 0 spiro atoms. The van der Waals surface area contributed by atoms with Gasteiger partial charge in [-0.2, -0.15) is 0 Å². The molecule has 1 aliphatic heterocycles. The molecular weight excluding hydrogens is 392 g/mol. The third kappa shape index (κ3) is 6.98. The number of nitrogens with two attached hydrogens (primary N) is 1. The van der Waals surface area contributed by atoms with Crippen LogP contribution in [0.1, 0.15) is 31.7 Å². The fraction of sp³-hybridized carbons (Fsp3) is 0.364. The van der Waals surface area contributed by atoms with Crippen molar-refractivity contribution in [2.45, 2.75) is 32.6 Å². The highest BCUT2D eigenvalue weighted by Gasteiger charge is 2.24. The molecule has 1 amide bonds. The number of primary amides is 1. The summed E-state index contributed by atoms with van der Waals surface area (Å²) >= 11 is 6.15. The highest BCUT2D eigenvalue weighted by atomic mass is 35.5. The molecule has 29 heavy (non-hydrogen) atoms. The van der Waals surface area contributed by atoms with Crippen LogP contribution in [0.4, 0.5) is 0 Å². The number of carboxylic acid groups (broad SMARTS) is 1. The number of carbonyl (C=O) groups excluding carboxylic acids is 1. The van der Waals surface area contributed by atoms with Crippen molar-refractivity contribution in [2.24, 2.45) is 11.7 Å². The van der Waals surface area contributed by atoms with E-state index < -0.39 is 18.5 Å². The van der Waals surface area contributed by atoms with Crippen LogP contribution in [0.2, 0.25) is 5.02 Å². The third-order valence-electron chi connectivity index (χ3n) is 4.80. The molecule has 0 aromatic heterocycles. The Morgan fingerprint density at radius 1 is 1.38 bits per heavy atom. The van der Waals surface area contributed by atoms with Gasteiger partial charge in [-0.05, 0) is 47.8 Å². The van der Waals surface area contributed by atoms with Gasteiger partial charge in [-0.25, -0.2) is 4.79 Å². The first-order valence-corrected chi connectivity index (χ1v) is 9.87. The zero-order valence-corrected chi connectivity index (χ0v) is 17.5. The molecule has 1 atom stereocenters. The van der Waals surface area contributed by atoms with Gasteiger partial charge in [-0.1, -0.05) is 30.7 Å². The molecular formula is C22H27ClN2O4. The summed E-state index contributed by atoms with van der Waals surface area (Å²) in [7, 11) is 1.95. The topological polar surface area (TPSA) is 92.9 Å². The van der Waals surface area contributed by atoms with Crippen molar-refractivity contribution in [3.05, 3.63) is 70.2 Å². The van der Waals surface area contributed by atoms with Crippen LogP contribution in [0.5, 0.6) is 0 Å². The van der Waals surface area contributed by atoms with E-state index in [0.29, 0.717) is 23.6 Å². The Morgan fingerprint density at radius 3 is 2.76 bits per heavy atom. The summed E-state index contributed by atoms with van der Waals surface area (Å²) in [6, 6.07) is 7.68. The average Bonchev–Trinajstić information content (AvgIpc) is 2.69. The molecule has 0 fully saturated rings. The molecule has 1 aromatic carbocycles. The Labute approximate surface area is 176 Å². The van der Waals surface area contributed by atoms with Gasteiger partial charge in [0.15, 0.2) is 6.61 Å². The molecule has 156 valence electrons. The van der Waals surface area contributed by atoms with E-state index in [9.17, 15) is 9.59 Å². The average molecular weight is 419 g/mol. The van der Waals surface area contributed by atoms with Gasteiger partial charge in [-0.3, -0.25) is 4.79 Å². The first kappa shape index (κ1) is 22.6. The van der Waals surface area contributed by atoms with Gasteiger partial charge >= 0.3 is 5.97 Å². The minimum Gasteiger partial charge on any atom is -0.486 e. The number of allylic oxidation sites excluding steroid dienone is 5. The monoisotopic (exact) mass is 418 g/mol. The van der Waals surface area contributed by atoms with Crippen LogP contribution in [0.3, 0.4) is 0 Å². The van der Waals surface area contributed by atoms with Crippen molar-refractivity contribution in [1.29, 1.82) is 0 Å². The van der Waals surface area contributed by atoms with E-state index in [0.717, 1.165) is 23.3 Å². The van der Waals surface area contributed by atoms with Gasteiger partial charge in [0.25, 0.3) is 0 Å². The number of nitrogens with zero attached hydrogens (tertiary/aromatic N) is 1. The smallest absolute Gasteiger partial charge is 0.341 e. The van der Waals surface area contributed by atoms with Crippen LogP contribution in [-0.2, 0) is 20.7 Å². The van der Waals surface area contributed by atoms with Crippen molar-refractivity contribution < 1.29 is 19.4 Å². The summed E-state index contributed by atoms with van der Waals surface area (Å²) in [5.74, 6) is -1.13. The summed E-state index contributed by atoms with van der Waals surface area (Å²) in [6.45, 7) is 1.61. The fourth-order valence-electron chi connectivity index (χ4n) is 3.54. The predicted octanol–water partition coefficient (Wildman–Crippen LogP) is 3.87. The Morgan fingerprint density at radius 2 is 2.14 bits per heavy atom. The summed E-state index contributed by atoms with van der Waals surface area (Å²) < 4.78 is 5.44. The quantitative estimate of drug-likeness (QED) is 0.668. The summed E-state index contributed by atoms with van der Waals surface area (Å²) in [5.41, 5.74) is 8.73. The largest absolute Gasteiger partial charge is 0.486 e. The molecule has 6 nitrogen and oxygen atoms in total. The minimum atomic E-state index is -1.05. The first-order chi connectivity index (χ1) is 13.8. The van der Waals surface area contributed by atoms with Crippen LogP contribution >= 0.6 is 11.6 Å². The zero-order valence-electron chi connectivity index (χ0n) is 16.7. The van der Waals surface area contributed by atoms with E-state index in [1.165, 1.54) is 0 Å². The van der Waals surface area contributed by atoms with Crippen LogP contribution in [0.15, 0.2) is 59.6 Å². The van der Waals surface area contributed by atoms with Crippen molar-refractivity contribution in [3.8, 4) is 0 Å². The van der Waals surface area contributed by atoms with E-state index in [1.807, 2.05) is 55.4 Å². The standard InChI is InChI=1S/C22H27ClN2O4/c1-3-19-16(13-21(24)26)12-18(29-14-22(27)28)8-5-9-25(2)20(19)11-15-6-4-7-17(23)10-15/h4-10,16H,3,11-14H2,1-2H3,(H2,24,26)(H,27,28)/b9-5-,18-8+,20-19-. The van der Waals surface area contributed by atoms with E-state index in [-0.39, 0.29) is 12.3 Å². The Hall–Kier alpha value is -2.73. The van der Waals surface area contributed by atoms with E-state index in [4.69, 9.17) is 27.2 Å². The van der Waals surface area contributed by atoms with E-state index >= 15 is 0 Å². The highest BCUT2D eigenvalue weighted by molar-refractivity contribution is 6.30. The summed E-state index contributed by atoms with van der Waals surface area (Å²) in [5, 5.41) is 9.60. The molecule has 0 radical (unpaired) electrons. The van der Waals surface area contributed by atoms with Crippen LogP contribution < -0.4 is 5.73 Å². The number of ether oxygens (including phenoxy) is 1. The molecule has 3 N–H and O–H groups in total. The number of halogens is 1. The molecule has 1 unspecified atom stereocenters. The maximum Gasteiger partial charge on any atom is 0.341 e. The van der Waals surface area contributed by atoms with Crippen LogP contribution in [-0.4, -0.2) is 35.5 Å². The van der Waals surface area contributed by atoms with Gasteiger partial charge < -0.3 is 20.5 Å². The molecule has 1 heterocycles. The molecule has 0 bridgehead atoms. The second-order valence-electron chi connectivity index (χ2n) is 6.97. The summed E-state index contributed by atoms with van der Waals surface area (Å²) in [6.07, 6.45) is 7.37. The Balaban J connectivity index is 2.46. The van der Waals surface area contributed by atoms with E-state index in [1.54, 1.807) is 6.08 Å². The number of rotatable bonds is 8. The fourth-order valence-corrected chi connectivity index (χ4v) is 3.75. The van der Waals surface area contributed by atoms with Crippen molar-refractivity contribution in [3.63, 3.8) is 0 Å². The number of carboxylic acids is 1. The second kappa shape index (κ2) is 10.7. The lowest BCUT2D eigenvalue weighted by Gasteiger charge is -2.27. The molecule has 2 rings (SSSR count). The van der Waals surface area contributed by atoms with Gasteiger partial charge in [0.2, 0.25) is 5.91 Å². The zero-order chi connectivity index (χ0) is 21.4. The Bertz CT molecular complexity index is 845. The number of hydrogen-bond donors (Lipinski definition) is 2. The maximum atomic E-state index is 11.8. The molecule has 0 aliphatic carbocycles. The van der Waals surface area contributed by atoms with Gasteiger partial charge in [-0.15, -0.1) is 0 Å². The second-order valence-corrected chi connectivity index (χ2v) is 7.41. The lowest BCUT2D eigenvalue weighted by atomic mass is 9.86. The molecule has 0 saturated carbocycles. The van der Waals surface area contributed by atoms with Gasteiger partial charge in [0.1, 0.15) is 0 Å². The normalized spacial score (nSPS) is 22.7. The Kier molecular flexibility index (Phi) is 8.34. The molecule has 1 aromatic rings.